The first-order valence-corrected chi connectivity index (χ1v) is 8.27. The molecule has 4 nitrogen and oxygen atoms in total. The summed E-state index contributed by atoms with van der Waals surface area (Å²) in [5, 5.41) is 4.14. The van der Waals surface area contributed by atoms with E-state index in [1.807, 2.05) is 12.1 Å². The van der Waals surface area contributed by atoms with E-state index in [-0.39, 0.29) is 0 Å². The lowest BCUT2D eigenvalue weighted by Gasteiger charge is -2.24. The van der Waals surface area contributed by atoms with Crippen molar-refractivity contribution in [3.8, 4) is 11.4 Å². The molecule has 0 radical (unpaired) electrons. The first-order valence-electron chi connectivity index (χ1n) is 7.47. The molecule has 0 amide bonds. The minimum atomic E-state index is 0.392. The second-order valence-corrected chi connectivity index (χ2v) is 6.73. The Labute approximate surface area is 133 Å². The van der Waals surface area contributed by atoms with Gasteiger partial charge in [0.15, 0.2) is 0 Å². The second-order valence-electron chi connectivity index (χ2n) is 5.87. The number of aryl methyl sites for hydroxylation is 1. The van der Waals surface area contributed by atoms with Crippen molar-refractivity contribution in [1.82, 2.24) is 10.1 Å². The van der Waals surface area contributed by atoms with E-state index >= 15 is 0 Å². The highest BCUT2D eigenvalue weighted by Gasteiger charge is 2.26. The van der Waals surface area contributed by atoms with Crippen molar-refractivity contribution < 1.29 is 4.52 Å². The van der Waals surface area contributed by atoms with Gasteiger partial charge in [-0.1, -0.05) is 33.2 Å². The molecule has 1 aliphatic rings. The number of halogens is 1. The largest absolute Gasteiger partial charge is 0.339 e. The first-order chi connectivity index (χ1) is 10.2. The van der Waals surface area contributed by atoms with E-state index in [0.29, 0.717) is 17.7 Å². The topological polar surface area (TPSA) is 64.9 Å². The Hall–Kier alpha value is -1.20. The molecule has 112 valence electrons. The normalized spacial score (nSPS) is 22.4. The van der Waals surface area contributed by atoms with Gasteiger partial charge in [-0.2, -0.15) is 4.98 Å². The molecule has 3 rings (SSSR count). The van der Waals surface area contributed by atoms with Gasteiger partial charge in [-0.15, -0.1) is 0 Å². The predicted octanol–water partition coefficient (Wildman–Crippen LogP) is 4.04. The smallest absolute Gasteiger partial charge is 0.230 e. The Kier molecular flexibility index (Phi) is 4.40. The number of aromatic nitrogens is 2. The number of rotatable bonds is 3. The molecule has 1 saturated carbocycles. The van der Waals surface area contributed by atoms with E-state index < -0.39 is 0 Å². The van der Waals surface area contributed by atoms with E-state index in [1.165, 1.54) is 5.56 Å². The molecular weight excluding hydrogens is 330 g/mol. The summed E-state index contributed by atoms with van der Waals surface area (Å²) in [5.41, 5.74) is 7.92. The Balaban J connectivity index is 1.76. The van der Waals surface area contributed by atoms with Crippen LogP contribution in [-0.2, 0) is 0 Å². The highest BCUT2D eigenvalue weighted by molar-refractivity contribution is 9.10. The van der Waals surface area contributed by atoms with Crippen LogP contribution in [0, 0.1) is 12.8 Å². The molecule has 0 aliphatic heterocycles. The zero-order chi connectivity index (χ0) is 14.8. The fourth-order valence-corrected chi connectivity index (χ4v) is 3.27. The summed E-state index contributed by atoms with van der Waals surface area (Å²) in [7, 11) is 0. The van der Waals surface area contributed by atoms with Crippen molar-refractivity contribution in [2.75, 3.05) is 6.54 Å². The van der Waals surface area contributed by atoms with Gasteiger partial charge in [-0.05, 0) is 56.7 Å². The van der Waals surface area contributed by atoms with Gasteiger partial charge in [-0.25, -0.2) is 0 Å². The molecule has 1 heterocycles. The molecule has 1 fully saturated rings. The molecule has 0 saturated heterocycles. The van der Waals surface area contributed by atoms with Crippen LogP contribution in [0.3, 0.4) is 0 Å². The maximum atomic E-state index is 5.74. The lowest BCUT2D eigenvalue weighted by molar-refractivity contribution is 0.275. The molecule has 2 aromatic rings. The van der Waals surface area contributed by atoms with Crippen molar-refractivity contribution >= 4 is 15.9 Å². The summed E-state index contributed by atoms with van der Waals surface area (Å²) >= 11 is 3.54. The average Bonchev–Trinajstić information content (AvgIpc) is 3.00. The summed E-state index contributed by atoms with van der Waals surface area (Å²) in [4.78, 5) is 4.60. The summed E-state index contributed by atoms with van der Waals surface area (Å²) in [6.07, 6.45) is 4.52. The minimum absolute atomic E-state index is 0.392. The van der Waals surface area contributed by atoms with E-state index in [4.69, 9.17) is 10.3 Å². The fraction of sp³-hybridized carbons (Fsp3) is 0.500. The lowest BCUT2D eigenvalue weighted by Crippen LogP contribution is -2.20. The Morgan fingerprint density at radius 3 is 2.71 bits per heavy atom. The third-order valence-corrected chi connectivity index (χ3v) is 5.26. The molecule has 0 atom stereocenters. The van der Waals surface area contributed by atoms with E-state index in [9.17, 15) is 0 Å². The highest BCUT2D eigenvalue weighted by Crippen LogP contribution is 2.35. The van der Waals surface area contributed by atoms with Gasteiger partial charge in [-0.3, -0.25) is 0 Å². The van der Waals surface area contributed by atoms with Gasteiger partial charge in [0, 0.05) is 16.0 Å². The van der Waals surface area contributed by atoms with Gasteiger partial charge in [0.25, 0.3) is 0 Å². The monoisotopic (exact) mass is 349 g/mol. The molecule has 5 heteroatoms. The second kappa shape index (κ2) is 6.28. The van der Waals surface area contributed by atoms with Crippen LogP contribution in [0.4, 0.5) is 0 Å². The highest BCUT2D eigenvalue weighted by atomic mass is 79.9. The third kappa shape index (κ3) is 3.19. The Morgan fingerprint density at radius 2 is 2.05 bits per heavy atom. The third-order valence-electron chi connectivity index (χ3n) is 4.40. The summed E-state index contributed by atoms with van der Waals surface area (Å²) in [5.74, 6) is 2.50. The minimum Gasteiger partial charge on any atom is -0.339 e. The van der Waals surface area contributed by atoms with Gasteiger partial charge < -0.3 is 10.3 Å². The molecule has 21 heavy (non-hydrogen) atoms. The number of nitrogens with zero attached hydrogens (tertiary/aromatic N) is 2. The lowest BCUT2D eigenvalue weighted by atomic mass is 9.82. The van der Waals surface area contributed by atoms with Crippen molar-refractivity contribution in [2.45, 2.75) is 38.5 Å². The van der Waals surface area contributed by atoms with Crippen molar-refractivity contribution in [3.05, 3.63) is 34.1 Å². The quantitative estimate of drug-likeness (QED) is 0.907. The van der Waals surface area contributed by atoms with Crippen LogP contribution in [0.5, 0.6) is 0 Å². The van der Waals surface area contributed by atoms with Crippen molar-refractivity contribution in [3.63, 3.8) is 0 Å². The summed E-state index contributed by atoms with van der Waals surface area (Å²) < 4.78 is 6.55. The van der Waals surface area contributed by atoms with Crippen LogP contribution in [0.2, 0.25) is 0 Å². The number of hydrogen-bond donors (Lipinski definition) is 1. The molecule has 1 aromatic heterocycles. The van der Waals surface area contributed by atoms with Crippen LogP contribution in [0.15, 0.2) is 27.2 Å². The zero-order valence-corrected chi connectivity index (χ0v) is 13.8. The van der Waals surface area contributed by atoms with Crippen molar-refractivity contribution in [1.29, 1.82) is 0 Å². The van der Waals surface area contributed by atoms with Crippen LogP contribution in [0.1, 0.15) is 43.1 Å². The maximum absolute atomic E-state index is 5.74. The summed E-state index contributed by atoms with van der Waals surface area (Å²) in [6.45, 7) is 2.85. The van der Waals surface area contributed by atoms with Gasteiger partial charge in [0.2, 0.25) is 11.7 Å². The van der Waals surface area contributed by atoms with Crippen LogP contribution >= 0.6 is 15.9 Å². The standard InChI is InChI=1S/C16H20BrN3O/c1-10-2-5-13(8-14(10)17)15-19-16(21-20-15)12-6-3-11(9-18)4-7-12/h2,5,8,11-12H,3-4,6-7,9,18H2,1H3. The summed E-state index contributed by atoms with van der Waals surface area (Å²) in [6, 6.07) is 6.12. The van der Waals surface area contributed by atoms with Gasteiger partial charge in [0.05, 0.1) is 0 Å². The Morgan fingerprint density at radius 1 is 1.29 bits per heavy atom. The van der Waals surface area contributed by atoms with Crippen molar-refractivity contribution in [2.24, 2.45) is 11.7 Å². The average molecular weight is 350 g/mol. The maximum Gasteiger partial charge on any atom is 0.230 e. The van der Waals surface area contributed by atoms with E-state index in [2.05, 4.69) is 39.1 Å². The van der Waals surface area contributed by atoms with Gasteiger partial charge >= 0.3 is 0 Å². The molecule has 2 N–H and O–H groups in total. The fourth-order valence-electron chi connectivity index (χ4n) is 2.90. The van der Waals surface area contributed by atoms with Crippen LogP contribution < -0.4 is 5.73 Å². The van der Waals surface area contributed by atoms with E-state index in [0.717, 1.165) is 48.2 Å². The first kappa shape index (κ1) is 14.7. The molecule has 1 aromatic carbocycles. The zero-order valence-electron chi connectivity index (χ0n) is 12.2. The number of hydrogen-bond acceptors (Lipinski definition) is 4. The van der Waals surface area contributed by atoms with Crippen LogP contribution in [0.25, 0.3) is 11.4 Å². The molecule has 0 spiro atoms. The number of benzene rings is 1. The van der Waals surface area contributed by atoms with E-state index in [1.54, 1.807) is 0 Å². The molecule has 0 unspecified atom stereocenters. The molecular formula is C16H20BrN3O. The van der Waals surface area contributed by atoms with Crippen LogP contribution in [-0.4, -0.2) is 16.7 Å². The molecule has 0 bridgehead atoms. The number of nitrogens with two attached hydrogens (primary N) is 1. The Bertz CT molecular complexity index is 618. The molecule has 1 aliphatic carbocycles. The SMILES string of the molecule is Cc1ccc(-c2noc(C3CCC(CN)CC3)n2)cc1Br. The van der Waals surface area contributed by atoms with Gasteiger partial charge in [0.1, 0.15) is 0 Å². The predicted molar refractivity (Wildman–Crippen MR) is 85.9 cm³/mol.